The molecule has 15 heavy (non-hydrogen) atoms. The number of rotatable bonds is 0. The summed E-state index contributed by atoms with van der Waals surface area (Å²) >= 11 is 0. The van der Waals surface area contributed by atoms with Gasteiger partial charge in [-0.05, 0) is 12.8 Å². The summed E-state index contributed by atoms with van der Waals surface area (Å²) in [6, 6.07) is 0.525. The highest BCUT2D eigenvalue weighted by atomic mass is 19.4. The van der Waals surface area contributed by atoms with Crippen LogP contribution in [0.1, 0.15) is 38.5 Å². The third-order valence-corrected chi connectivity index (χ3v) is 2.14. The molecule has 3 N–H and O–H groups in total. The summed E-state index contributed by atoms with van der Waals surface area (Å²) in [5, 5.41) is 7.12. The van der Waals surface area contributed by atoms with Crippen molar-refractivity contribution in [3.8, 4) is 0 Å². The largest absolute Gasteiger partial charge is 0.490 e. The second-order valence-corrected chi connectivity index (χ2v) is 3.55. The third-order valence-electron chi connectivity index (χ3n) is 2.14. The molecule has 0 atom stereocenters. The Hall–Kier alpha value is -0.780. The number of aliphatic carboxylic acids is 1. The number of alkyl halides is 3. The highest BCUT2D eigenvalue weighted by Crippen LogP contribution is 2.15. The summed E-state index contributed by atoms with van der Waals surface area (Å²) in [7, 11) is 0. The van der Waals surface area contributed by atoms with E-state index < -0.39 is 12.1 Å². The first-order valence-electron chi connectivity index (χ1n) is 4.89. The third kappa shape index (κ3) is 8.23. The second-order valence-electron chi connectivity index (χ2n) is 3.55. The highest BCUT2D eigenvalue weighted by molar-refractivity contribution is 5.73. The van der Waals surface area contributed by atoms with Crippen LogP contribution < -0.4 is 5.73 Å². The molecule has 0 aromatic carbocycles. The van der Waals surface area contributed by atoms with Gasteiger partial charge < -0.3 is 10.8 Å². The summed E-state index contributed by atoms with van der Waals surface area (Å²) < 4.78 is 31.7. The van der Waals surface area contributed by atoms with E-state index in [9.17, 15) is 13.2 Å². The van der Waals surface area contributed by atoms with E-state index in [4.69, 9.17) is 15.6 Å². The maximum absolute atomic E-state index is 10.6. The maximum Gasteiger partial charge on any atom is 0.490 e. The SMILES string of the molecule is NC1CCCCCC1.O=C(O)C(F)(F)F. The molecule has 6 heteroatoms. The fourth-order valence-corrected chi connectivity index (χ4v) is 1.31. The van der Waals surface area contributed by atoms with Crippen molar-refractivity contribution >= 4 is 5.97 Å². The second kappa shape index (κ2) is 6.66. The molecule has 0 spiro atoms. The molecule has 0 unspecified atom stereocenters. The predicted molar refractivity (Wildman–Crippen MR) is 49.4 cm³/mol. The van der Waals surface area contributed by atoms with Crippen molar-refractivity contribution in [1.82, 2.24) is 0 Å². The van der Waals surface area contributed by atoms with Gasteiger partial charge in [-0.2, -0.15) is 13.2 Å². The zero-order valence-electron chi connectivity index (χ0n) is 8.39. The lowest BCUT2D eigenvalue weighted by Crippen LogP contribution is -2.21. The van der Waals surface area contributed by atoms with Crippen molar-refractivity contribution < 1.29 is 23.1 Å². The zero-order chi connectivity index (χ0) is 11.9. The fourth-order valence-electron chi connectivity index (χ4n) is 1.31. The predicted octanol–water partition coefficient (Wildman–Crippen LogP) is 2.30. The van der Waals surface area contributed by atoms with Gasteiger partial charge in [0.15, 0.2) is 0 Å². The van der Waals surface area contributed by atoms with Gasteiger partial charge in [-0.1, -0.05) is 25.7 Å². The van der Waals surface area contributed by atoms with Crippen LogP contribution in [-0.2, 0) is 4.79 Å². The van der Waals surface area contributed by atoms with Crippen LogP contribution >= 0.6 is 0 Å². The standard InChI is InChI=1S/C7H15N.C2HF3O2/c8-7-5-3-1-2-4-6-7;3-2(4,5)1(6)7/h7H,1-6,8H2;(H,6,7). The zero-order valence-corrected chi connectivity index (χ0v) is 8.39. The number of hydrogen-bond acceptors (Lipinski definition) is 2. The smallest absolute Gasteiger partial charge is 0.475 e. The van der Waals surface area contributed by atoms with Gasteiger partial charge in [-0.3, -0.25) is 0 Å². The van der Waals surface area contributed by atoms with Crippen LogP contribution in [0.15, 0.2) is 0 Å². The summed E-state index contributed by atoms with van der Waals surface area (Å²) in [4.78, 5) is 8.90. The average molecular weight is 227 g/mol. The first kappa shape index (κ1) is 14.2. The van der Waals surface area contributed by atoms with Gasteiger partial charge >= 0.3 is 12.1 Å². The molecule has 0 radical (unpaired) electrons. The molecule has 0 amide bonds. The van der Waals surface area contributed by atoms with Crippen LogP contribution in [0.4, 0.5) is 13.2 Å². The normalized spacial score (nSPS) is 18.7. The van der Waals surface area contributed by atoms with E-state index in [2.05, 4.69) is 0 Å². The molecule has 1 saturated carbocycles. The molecule has 90 valence electrons. The summed E-state index contributed by atoms with van der Waals surface area (Å²) in [5.74, 6) is -2.76. The number of carboxylic acid groups (broad SMARTS) is 1. The molecule has 1 aliphatic rings. The van der Waals surface area contributed by atoms with Gasteiger partial charge in [0.2, 0.25) is 0 Å². The van der Waals surface area contributed by atoms with E-state index in [1.165, 1.54) is 38.5 Å². The van der Waals surface area contributed by atoms with E-state index in [1.807, 2.05) is 0 Å². The van der Waals surface area contributed by atoms with E-state index in [0.717, 1.165) is 0 Å². The van der Waals surface area contributed by atoms with Crippen molar-refractivity contribution in [3.63, 3.8) is 0 Å². The maximum atomic E-state index is 10.6. The lowest BCUT2D eigenvalue weighted by Gasteiger charge is -2.03. The Morgan fingerprint density at radius 1 is 1.13 bits per heavy atom. The first-order valence-corrected chi connectivity index (χ1v) is 4.89. The Labute approximate surface area is 86.5 Å². The van der Waals surface area contributed by atoms with Crippen molar-refractivity contribution in [2.45, 2.75) is 50.7 Å². The molecule has 1 rings (SSSR count). The minimum absolute atomic E-state index is 0.525. The van der Waals surface area contributed by atoms with Gasteiger partial charge in [0, 0.05) is 6.04 Å². The molecule has 0 saturated heterocycles. The molecule has 0 aromatic rings. The quantitative estimate of drug-likeness (QED) is 0.624. The lowest BCUT2D eigenvalue weighted by atomic mass is 10.1. The lowest BCUT2D eigenvalue weighted by molar-refractivity contribution is -0.192. The van der Waals surface area contributed by atoms with E-state index in [1.54, 1.807) is 0 Å². The minimum atomic E-state index is -5.08. The topological polar surface area (TPSA) is 63.3 Å². The van der Waals surface area contributed by atoms with Gasteiger partial charge in [0.05, 0.1) is 0 Å². The van der Waals surface area contributed by atoms with Crippen LogP contribution in [0, 0.1) is 0 Å². The van der Waals surface area contributed by atoms with E-state index in [0.29, 0.717) is 6.04 Å². The van der Waals surface area contributed by atoms with Gasteiger partial charge in [-0.25, -0.2) is 4.79 Å². The summed E-state index contributed by atoms with van der Waals surface area (Å²) in [6.45, 7) is 0. The molecule has 3 nitrogen and oxygen atoms in total. The Morgan fingerprint density at radius 3 is 1.73 bits per heavy atom. The number of carboxylic acids is 1. The van der Waals surface area contributed by atoms with Crippen molar-refractivity contribution in [2.75, 3.05) is 0 Å². The van der Waals surface area contributed by atoms with E-state index in [-0.39, 0.29) is 0 Å². The molecule has 1 fully saturated rings. The summed E-state index contributed by atoms with van der Waals surface area (Å²) in [6.07, 6.45) is 2.99. The molecule has 1 aliphatic carbocycles. The molecule has 0 aromatic heterocycles. The number of halogens is 3. The fraction of sp³-hybridized carbons (Fsp3) is 0.889. The van der Waals surface area contributed by atoms with Crippen molar-refractivity contribution in [1.29, 1.82) is 0 Å². The Kier molecular flexibility index (Phi) is 6.31. The van der Waals surface area contributed by atoms with Gasteiger partial charge in [-0.15, -0.1) is 0 Å². The molecular weight excluding hydrogens is 211 g/mol. The van der Waals surface area contributed by atoms with E-state index >= 15 is 0 Å². The average Bonchev–Trinajstić information content (AvgIpc) is 2.32. The Balaban J connectivity index is 0.000000265. The molecule has 0 heterocycles. The number of hydrogen-bond donors (Lipinski definition) is 2. The van der Waals surface area contributed by atoms with Crippen LogP contribution in [0.25, 0.3) is 0 Å². The van der Waals surface area contributed by atoms with Crippen LogP contribution in [-0.4, -0.2) is 23.3 Å². The highest BCUT2D eigenvalue weighted by Gasteiger charge is 2.38. The number of nitrogens with two attached hydrogens (primary N) is 1. The number of carbonyl (C=O) groups is 1. The monoisotopic (exact) mass is 227 g/mol. The molecule has 0 bridgehead atoms. The molecular formula is C9H16F3NO2. The Morgan fingerprint density at radius 2 is 1.47 bits per heavy atom. The van der Waals surface area contributed by atoms with Gasteiger partial charge in [0.25, 0.3) is 0 Å². The van der Waals surface area contributed by atoms with Crippen LogP contribution in [0.2, 0.25) is 0 Å². The van der Waals surface area contributed by atoms with Crippen molar-refractivity contribution in [3.05, 3.63) is 0 Å². The van der Waals surface area contributed by atoms with Crippen LogP contribution in [0.3, 0.4) is 0 Å². The van der Waals surface area contributed by atoms with Crippen LogP contribution in [0.5, 0.6) is 0 Å². The minimum Gasteiger partial charge on any atom is -0.475 e. The van der Waals surface area contributed by atoms with Gasteiger partial charge in [0.1, 0.15) is 0 Å². The Bertz CT molecular complexity index is 186. The van der Waals surface area contributed by atoms with Crippen molar-refractivity contribution in [2.24, 2.45) is 5.73 Å². The first-order chi connectivity index (χ1) is 6.84. The summed E-state index contributed by atoms with van der Waals surface area (Å²) in [5.41, 5.74) is 5.73. The molecule has 0 aliphatic heterocycles.